The van der Waals surface area contributed by atoms with E-state index < -0.39 is 47.5 Å². The topological polar surface area (TPSA) is 49.4 Å². The zero-order valence-electron chi connectivity index (χ0n) is 10.3. The van der Waals surface area contributed by atoms with Gasteiger partial charge in [0.2, 0.25) is 11.8 Å². The number of anilines is 1. The van der Waals surface area contributed by atoms with Crippen LogP contribution in [0.1, 0.15) is 12.8 Å². The van der Waals surface area contributed by atoms with E-state index in [0.29, 0.717) is 12.1 Å². The van der Waals surface area contributed by atoms with Gasteiger partial charge in [0.15, 0.2) is 11.6 Å². The van der Waals surface area contributed by atoms with Crippen molar-refractivity contribution >= 4 is 17.5 Å². The number of carbonyl (C=O) groups excluding carboxylic acids is 2. The summed E-state index contributed by atoms with van der Waals surface area (Å²) in [6, 6.07) is 0.231. The molecule has 3 rings (SSSR count). The molecule has 1 aliphatic heterocycles. The van der Waals surface area contributed by atoms with Crippen molar-refractivity contribution in [2.24, 2.45) is 5.92 Å². The highest BCUT2D eigenvalue weighted by atomic mass is 19.1. The number of benzene rings is 1. The fourth-order valence-corrected chi connectivity index (χ4v) is 2.40. The van der Waals surface area contributed by atoms with Crippen molar-refractivity contribution in [3.05, 3.63) is 29.6 Å². The Labute approximate surface area is 112 Å². The summed E-state index contributed by atoms with van der Waals surface area (Å²) in [5.41, 5.74) is -0.670. The molecule has 2 aliphatic rings. The van der Waals surface area contributed by atoms with E-state index in [1.807, 2.05) is 0 Å². The van der Waals surface area contributed by atoms with E-state index in [2.05, 4.69) is 5.32 Å². The van der Waals surface area contributed by atoms with E-state index in [1.54, 1.807) is 0 Å². The van der Waals surface area contributed by atoms with E-state index in [4.69, 9.17) is 0 Å². The van der Waals surface area contributed by atoms with Crippen LogP contribution in [0, 0.1) is 23.4 Å². The molecule has 20 heavy (non-hydrogen) atoms. The Kier molecular flexibility index (Phi) is 2.92. The van der Waals surface area contributed by atoms with Crippen LogP contribution in [0.15, 0.2) is 12.1 Å². The Hall–Kier alpha value is -2.05. The number of amides is 2. The highest BCUT2D eigenvalue weighted by molar-refractivity contribution is 6.07. The molecule has 4 nitrogen and oxygen atoms in total. The largest absolute Gasteiger partial charge is 0.342 e. The van der Waals surface area contributed by atoms with Gasteiger partial charge in [-0.15, -0.1) is 0 Å². The molecule has 0 aromatic heterocycles. The van der Waals surface area contributed by atoms with Gasteiger partial charge in [-0.25, -0.2) is 13.2 Å². The molecule has 2 fully saturated rings. The van der Waals surface area contributed by atoms with Gasteiger partial charge in [0, 0.05) is 12.1 Å². The standard InChI is InChI=1S/C13H11F3N2O2/c14-7-3-8(15)12(9(16)4-7)18-5-10(19)17-11(13(18)20)6-1-2-6/h3-4,6,11H,1-2,5H2,(H,17,19). The minimum atomic E-state index is -1.19. The number of hydrogen-bond donors (Lipinski definition) is 1. The third kappa shape index (κ3) is 2.13. The molecule has 1 aromatic carbocycles. The number of hydrogen-bond acceptors (Lipinski definition) is 2. The minimum Gasteiger partial charge on any atom is -0.342 e. The molecule has 1 N–H and O–H groups in total. The quantitative estimate of drug-likeness (QED) is 0.891. The summed E-state index contributed by atoms with van der Waals surface area (Å²) < 4.78 is 40.4. The van der Waals surface area contributed by atoms with Gasteiger partial charge in [0.25, 0.3) is 0 Å². The van der Waals surface area contributed by atoms with E-state index >= 15 is 0 Å². The Morgan fingerprint density at radius 1 is 1.10 bits per heavy atom. The third-order valence-corrected chi connectivity index (χ3v) is 3.50. The molecule has 1 saturated carbocycles. The molecular weight excluding hydrogens is 273 g/mol. The average Bonchev–Trinajstić information content (AvgIpc) is 3.15. The molecule has 0 radical (unpaired) electrons. The smallest absolute Gasteiger partial charge is 0.250 e. The molecule has 0 bridgehead atoms. The molecule has 106 valence electrons. The van der Waals surface area contributed by atoms with Crippen LogP contribution < -0.4 is 10.2 Å². The van der Waals surface area contributed by atoms with E-state index in [-0.39, 0.29) is 5.92 Å². The highest BCUT2D eigenvalue weighted by Gasteiger charge is 2.44. The lowest BCUT2D eigenvalue weighted by Gasteiger charge is -2.32. The summed E-state index contributed by atoms with van der Waals surface area (Å²) >= 11 is 0. The first-order valence-electron chi connectivity index (χ1n) is 6.22. The summed E-state index contributed by atoms with van der Waals surface area (Å²) in [5, 5.41) is 2.53. The van der Waals surface area contributed by atoms with Crippen molar-refractivity contribution < 1.29 is 22.8 Å². The van der Waals surface area contributed by atoms with Crippen molar-refractivity contribution in [2.75, 3.05) is 11.4 Å². The van der Waals surface area contributed by atoms with Crippen molar-refractivity contribution in [1.29, 1.82) is 0 Å². The fourth-order valence-electron chi connectivity index (χ4n) is 2.40. The Balaban J connectivity index is 1.99. The average molecular weight is 284 g/mol. The van der Waals surface area contributed by atoms with Crippen LogP contribution in [-0.2, 0) is 9.59 Å². The zero-order valence-corrected chi connectivity index (χ0v) is 10.3. The molecule has 1 aromatic rings. The van der Waals surface area contributed by atoms with Crippen molar-refractivity contribution in [3.8, 4) is 0 Å². The first-order chi connectivity index (χ1) is 9.47. The first kappa shape index (κ1) is 13.0. The molecule has 1 aliphatic carbocycles. The van der Waals surface area contributed by atoms with Gasteiger partial charge < -0.3 is 5.32 Å². The Morgan fingerprint density at radius 2 is 1.70 bits per heavy atom. The van der Waals surface area contributed by atoms with Crippen molar-refractivity contribution in [3.63, 3.8) is 0 Å². The normalized spacial score (nSPS) is 22.9. The van der Waals surface area contributed by atoms with Crippen LogP contribution in [0.5, 0.6) is 0 Å². The monoisotopic (exact) mass is 284 g/mol. The predicted octanol–water partition coefficient (Wildman–Crippen LogP) is 1.35. The van der Waals surface area contributed by atoms with Gasteiger partial charge in [-0.3, -0.25) is 14.5 Å². The Bertz CT molecular complexity index is 578. The predicted molar refractivity (Wildman–Crippen MR) is 63.3 cm³/mol. The number of halogens is 3. The van der Waals surface area contributed by atoms with E-state index in [9.17, 15) is 22.8 Å². The second-order valence-corrected chi connectivity index (χ2v) is 5.03. The van der Waals surface area contributed by atoms with Crippen molar-refractivity contribution in [1.82, 2.24) is 5.32 Å². The maximum Gasteiger partial charge on any atom is 0.250 e. The minimum absolute atomic E-state index is 0.0146. The van der Waals surface area contributed by atoms with Gasteiger partial charge in [0.1, 0.15) is 24.1 Å². The van der Waals surface area contributed by atoms with Crippen LogP contribution in [0.25, 0.3) is 0 Å². The Morgan fingerprint density at radius 3 is 2.25 bits per heavy atom. The summed E-state index contributed by atoms with van der Waals surface area (Å²) in [4.78, 5) is 24.6. The number of rotatable bonds is 2. The number of carbonyl (C=O) groups is 2. The summed E-state index contributed by atoms with van der Waals surface area (Å²) in [6.07, 6.45) is 1.58. The number of piperazine rings is 1. The van der Waals surface area contributed by atoms with Crippen LogP contribution in [0.4, 0.5) is 18.9 Å². The molecule has 0 spiro atoms. The fraction of sp³-hybridized carbons (Fsp3) is 0.385. The number of nitrogens with one attached hydrogen (secondary N) is 1. The van der Waals surface area contributed by atoms with Crippen LogP contribution in [0.3, 0.4) is 0 Å². The maximum atomic E-state index is 13.7. The van der Waals surface area contributed by atoms with Gasteiger partial charge in [-0.1, -0.05) is 0 Å². The molecule has 1 heterocycles. The third-order valence-electron chi connectivity index (χ3n) is 3.50. The molecule has 7 heteroatoms. The summed E-state index contributed by atoms with van der Waals surface area (Å²) in [6.45, 7) is -0.471. The van der Waals surface area contributed by atoms with Crippen LogP contribution in [0.2, 0.25) is 0 Å². The van der Waals surface area contributed by atoms with Gasteiger partial charge in [-0.2, -0.15) is 0 Å². The van der Waals surface area contributed by atoms with Gasteiger partial charge >= 0.3 is 0 Å². The summed E-state index contributed by atoms with van der Waals surface area (Å²) in [5.74, 6) is -4.49. The summed E-state index contributed by atoms with van der Waals surface area (Å²) in [7, 11) is 0. The zero-order chi connectivity index (χ0) is 14.4. The molecule has 1 atom stereocenters. The highest BCUT2D eigenvalue weighted by Crippen LogP contribution is 2.36. The van der Waals surface area contributed by atoms with Crippen LogP contribution in [-0.4, -0.2) is 24.4 Å². The molecule has 2 amide bonds. The SMILES string of the molecule is O=C1CN(c2c(F)cc(F)cc2F)C(=O)C(C2CC2)N1. The molecule has 1 saturated heterocycles. The van der Waals surface area contributed by atoms with Gasteiger partial charge in [0.05, 0.1) is 0 Å². The maximum absolute atomic E-state index is 13.7. The lowest BCUT2D eigenvalue weighted by atomic mass is 10.1. The second kappa shape index (κ2) is 4.50. The first-order valence-corrected chi connectivity index (χ1v) is 6.22. The molecular formula is C13H11F3N2O2. The van der Waals surface area contributed by atoms with E-state index in [0.717, 1.165) is 17.7 Å². The van der Waals surface area contributed by atoms with Crippen molar-refractivity contribution in [2.45, 2.75) is 18.9 Å². The van der Waals surface area contributed by atoms with Crippen LogP contribution >= 0.6 is 0 Å². The van der Waals surface area contributed by atoms with Gasteiger partial charge in [-0.05, 0) is 18.8 Å². The van der Waals surface area contributed by atoms with E-state index in [1.165, 1.54) is 0 Å². The molecule has 1 unspecified atom stereocenters. The lowest BCUT2D eigenvalue weighted by Crippen LogP contribution is -2.59. The lowest BCUT2D eigenvalue weighted by molar-refractivity contribution is -0.131. The second-order valence-electron chi connectivity index (χ2n) is 5.03. The number of nitrogens with zero attached hydrogens (tertiary/aromatic N) is 1.